The van der Waals surface area contributed by atoms with Gasteiger partial charge in [-0.2, -0.15) is 13.2 Å². The molecule has 2 atom stereocenters. The molecular formula is C15H17F3N2O3. The molecule has 0 unspecified atom stereocenters. The van der Waals surface area contributed by atoms with Gasteiger partial charge in [-0.1, -0.05) is 18.2 Å². The number of hydrogen-bond donors (Lipinski definition) is 2. The van der Waals surface area contributed by atoms with Crippen molar-refractivity contribution in [2.75, 3.05) is 13.7 Å². The average molecular weight is 330 g/mol. The summed E-state index contributed by atoms with van der Waals surface area (Å²) in [6.45, 7) is 0.411. The highest BCUT2D eigenvalue weighted by Gasteiger charge is 2.32. The molecule has 5 nitrogen and oxygen atoms in total. The third-order valence-electron chi connectivity index (χ3n) is 3.60. The van der Waals surface area contributed by atoms with Crippen LogP contribution >= 0.6 is 0 Å². The summed E-state index contributed by atoms with van der Waals surface area (Å²) in [5.41, 5.74) is -0.496. The molecule has 0 bridgehead atoms. The van der Waals surface area contributed by atoms with Gasteiger partial charge in [0.1, 0.15) is 6.04 Å². The van der Waals surface area contributed by atoms with Crippen LogP contribution in [0.3, 0.4) is 0 Å². The Morgan fingerprint density at radius 2 is 2.13 bits per heavy atom. The van der Waals surface area contributed by atoms with E-state index in [0.717, 1.165) is 12.1 Å². The number of hydrogen-bond acceptors (Lipinski definition) is 4. The van der Waals surface area contributed by atoms with Gasteiger partial charge >= 0.3 is 12.1 Å². The SMILES string of the molecule is COC(=O)[C@@H]1C[C@@H](NC(=O)Cc2cccc(C(F)(F)F)c2)CN1. The summed E-state index contributed by atoms with van der Waals surface area (Å²) in [6, 6.07) is 3.94. The molecule has 8 heteroatoms. The van der Waals surface area contributed by atoms with Gasteiger partial charge in [-0.25, -0.2) is 0 Å². The second-order valence-electron chi connectivity index (χ2n) is 5.36. The fourth-order valence-corrected chi connectivity index (χ4v) is 2.49. The first-order valence-corrected chi connectivity index (χ1v) is 7.06. The highest BCUT2D eigenvalue weighted by Crippen LogP contribution is 2.29. The van der Waals surface area contributed by atoms with E-state index < -0.39 is 23.8 Å². The maximum absolute atomic E-state index is 12.6. The monoisotopic (exact) mass is 330 g/mol. The highest BCUT2D eigenvalue weighted by molar-refractivity contribution is 5.80. The van der Waals surface area contributed by atoms with Gasteiger partial charge < -0.3 is 15.4 Å². The Labute approximate surface area is 131 Å². The van der Waals surface area contributed by atoms with E-state index in [-0.39, 0.29) is 23.9 Å². The fraction of sp³-hybridized carbons (Fsp3) is 0.467. The molecule has 0 radical (unpaired) electrons. The lowest BCUT2D eigenvalue weighted by Crippen LogP contribution is -2.37. The van der Waals surface area contributed by atoms with Gasteiger partial charge in [-0.15, -0.1) is 0 Å². The number of methoxy groups -OCH3 is 1. The Balaban J connectivity index is 1.90. The quantitative estimate of drug-likeness (QED) is 0.816. The van der Waals surface area contributed by atoms with Crippen LogP contribution in [-0.4, -0.2) is 37.6 Å². The van der Waals surface area contributed by atoms with Gasteiger partial charge in [0.15, 0.2) is 0 Å². The van der Waals surface area contributed by atoms with Crippen LogP contribution in [-0.2, 0) is 26.9 Å². The number of benzene rings is 1. The zero-order valence-corrected chi connectivity index (χ0v) is 12.4. The first-order valence-electron chi connectivity index (χ1n) is 7.06. The molecular weight excluding hydrogens is 313 g/mol. The fourth-order valence-electron chi connectivity index (χ4n) is 2.49. The molecule has 2 rings (SSSR count). The van der Waals surface area contributed by atoms with E-state index in [9.17, 15) is 22.8 Å². The van der Waals surface area contributed by atoms with Crippen molar-refractivity contribution in [2.45, 2.75) is 31.1 Å². The van der Waals surface area contributed by atoms with Crippen molar-refractivity contribution in [2.24, 2.45) is 0 Å². The van der Waals surface area contributed by atoms with Crippen molar-refractivity contribution < 1.29 is 27.5 Å². The number of rotatable bonds is 4. The van der Waals surface area contributed by atoms with E-state index in [2.05, 4.69) is 15.4 Å². The number of esters is 1. The number of carbonyl (C=O) groups is 2. The summed E-state index contributed by atoms with van der Waals surface area (Å²) in [5, 5.41) is 5.62. The van der Waals surface area contributed by atoms with Crippen molar-refractivity contribution >= 4 is 11.9 Å². The zero-order valence-electron chi connectivity index (χ0n) is 12.4. The first-order chi connectivity index (χ1) is 10.8. The van der Waals surface area contributed by atoms with Gasteiger partial charge in [0, 0.05) is 12.6 Å². The molecule has 1 aromatic rings. The van der Waals surface area contributed by atoms with Crippen molar-refractivity contribution in [1.29, 1.82) is 0 Å². The zero-order chi connectivity index (χ0) is 17.0. The maximum Gasteiger partial charge on any atom is 0.416 e. The molecule has 0 saturated carbocycles. The maximum atomic E-state index is 12.6. The summed E-state index contributed by atoms with van der Waals surface area (Å²) in [5.74, 6) is -0.790. The molecule has 1 amide bonds. The van der Waals surface area contributed by atoms with Crippen LogP contribution in [0.4, 0.5) is 13.2 Å². The summed E-state index contributed by atoms with van der Waals surface area (Å²) < 4.78 is 42.5. The molecule has 0 spiro atoms. The van der Waals surface area contributed by atoms with Gasteiger partial charge in [0.05, 0.1) is 19.1 Å². The molecule has 1 aliphatic heterocycles. The van der Waals surface area contributed by atoms with Gasteiger partial charge in [-0.3, -0.25) is 9.59 Å². The molecule has 23 heavy (non-hydrogen) atoms. The summed E-state index contributed by atoms with van der Waals surface area (Å²) in [6.07, 6.45) is -4.19. The van der Waals surface area contributed by atoms with Crippen LogP contribution in [0.1, 0.15) is 17.5 Å². The average Bonchev–Trinajstić information content (AvgIpc) is 2.94. The number of alkyl halides is 3. The van der Waals surface area contributed by atoms with Crippen molar-refractivity contribution in [3.05, 3.63) is 35.4 Å². The lowest BCUT2D eigenvalue weighted by Gasteiger charge is -2.13. The standard InChI is InChI=1S/C15H17F3N2O3/c1-23-14(22)12-7-11(8-19-12)20-13(21)6-9-3-2-4-10(5-9)15(16,17)18/h2-5,11-12,19H,6-8H2,1H3,(H,20,21)/t11-,12+/m1/s1. The normalized spacial score (nSPS) is 21.0. The Morgan fingerprint density at radius 3 is 2.78 bits per heavy atom. The van der Waals surface area contributed by atoms with Crippen molar-refractivity contribution in [3.63, 3.8) is 0 Å². The molecule has 1 saturated heterocycles. The van der Waals surface area contributed by atoms with Crippen LogP contribution in [0.15, 0.2) is 24.3 Å². The number of halogens is 3. The second kappa shape index (κ2) is 6.99. The van der Waals surface area contributed by atoms with Crippen LogP contribution in [0.25, 0.3) is 0 Å². The van der Waals surface area contributed by atoms with E-state index in [1.807, 2.05) is 0 Å². The van der Waals surface area contributed by atoms with Crippen molar-refractivity contribution in [3.8, 4) is 0 Å². The van der Waals surface area contributed by atoms with Crippen molar-refractivity contribution in [1.82, 2.24) is 10.6 Å². The van der Waals surface area contributed by atoms with E-state index >= 15 is 0 Å². The Bertz CT molecular complexity index is 590. The molecule has 1 aromatic carbocycles. The third-order valence-corrected chi connectivity index (χ3v) is 3.60. The summed E-state index contributed by atoms with van der Waals surface area (Å²) in [4.78, 5) is 23.3. The predicted octanol–water partition coefficient (Wildman–Crippen LogP) is 1.27. The molecule has 126 valence electrons. The second-order valence-corrected chi connectivity index (χ2v) is 5.36. The van der Waals surface area contributed by atoms with E-state index in [1.165, 1.54) is 19.2 Å². The van der Waals surface area contributed by atoms with Crippen LogP contribution in [0.2, 0.25) is 0 Å². The number of carbonyl (C=O) groups excluding carboxylic acids is 2. The van der Waals surface area contributed by atoms with Crippen LogP contribution in [0.5, 0.6) is 0 Å². The highest BCUT2D eigenvalue weighted by atomic mass is 19.4. The molecule has 1 heterocycles. The lowest BCUT2D eigenvalue weighted by atomic mass is 10.1. The molecule has 0 aromatic heterocycles. The van der Waals surface area contributed by atoms with Gasteiger partial charge in [-0.05, 0) is 18.1 Å². The van der Waals surface area contributed by atoms with Gasteiger partial charge in [0.2, 0.25) is 5.91 Å². The Kier molecular flexibility index (Phi) is 5.25. The predicted molar refractivity (Wildman–Crippen MR) is 75.5 cm³/mol. The largest absolute Gasteiger partial charge is 0.468 e. The minimum atomic E-state index is -4.43. The first kappa shape index (κ1) is 17.3. The van der Waals surface area contributed by atoms with Crippen LogP contribution < -0.4 is 10.6 Å². The van der Waals surface area contributed by atoms with E-state index in [4.69, 9.17) is 0 Å². The summed E-state index contributed by atoms with van der Waals surface area (Å²) >= 11 is 0. The van der Waals surface area contributed by atoms with Gasteiger partial charge in [0.25, 0.3) is 0 Å². The van der Waals surface area contributed by atoms with E-state index in [1.54, 1.807) is 0 Å². The lowest BCUT2D eigenvalue weighted by molar-refractivity contribution is -0.142. The third kappa shape index (κ3) is 4.69. The topological polar surface area (TPSA) is 67.4 Å². The smallest absolute Gasteiger partial charge is 0.416 e. The Morgan fingerprint density at radius 1 is 1.39 bits per heavy atom. The number of amides is 1. The molecule has 0 aliphatic carbocycles. The number of ether oxygens (including phenoxy) is 1. The molecule has 1 aliphatic rings. The minimum absolute atomic E-state index is 0.149. The molecule has 1 fully saturated rings. The Hall–Kier alpha value is -2.09. The molecule has 2 N–H and O–H groups in total. The minimum Gasteiger partial charge on any atom is -0.468 e. The van der Waals surface area contributed by atoms with E-state index in [0.29, 0.717) is 13.0 Å². The summed E-state index contributed by atoms with van der Waals surface area (Å²) in [7, 11) is 1.28. The van der Waals surface area contributed by atoms with Crippen LogP contribution in [0, 0.1) is 0 Å². The number of nitrogens with one attached hydrogen (secondary N) is 2.